The Hall–Kier alpha value is -2.73. The molecule has 0 unspecified atom stereocenters. The van der Waals surface area contributed by atoms with Crippen LogP contribution in [0.3, 0.4) is 0 Å². The number of carbonyl (C=O) groups is 1. The molecule has 32 heavy (non-hydrogen) atoms. The van der Waals surface area contributed by atoms with Gasteiger partial charge >= 0.3 is 0 Å². The van der Waals surface area contributed by atoms with E-state index in [9.17, 15) is 9.18 Å². The van der Waals surface area contributed by atoms with E-state index < -0.39 is 0 Å². The molecule has 0 radical (unpaired) electrons. The van der Waals surface area contributed by atoms with Crippen LogP contribution in [0.4, 0.5) is 4.39 Å². The first-order valence-corrected chi connectivity index (χ1v) is 11.4. The van der Waals surface area contributed by atoms with Gasteiger partial charge in [-0.1, -0.05) is 42.5 Å². The van der Waals surface area contributed by atoms with E-state index in [-0.39, 0.29) is 23.6 Å². The van der Waals surface area contributed by atoms with Crippen molar-refractivity contribution in [3.05, 3.63) is 71.9 Å². The Morgan fingerprint density at radius 1 is 1.41 bits per heavy atom. The molecule has 1 N–H and O–H groups in total. The third-order valence-electron chi connectivity index (χ3n) is 6.11. The molecule has 3 aliphatic rings. The summed E-state index contributed by atoms with van der Waals surface area (Å²) < 4.78 is 14.6. The molecule has 5 nitrogen and oxygen atoms in total. The molecular weight excluding hydrogens is 403 g/mol. The first kappa shape index (κ1) is 23.9. The monoisotopic (exact) mass is 438 g/mol. The van der Waals surface area contributed by atoms with E-state index in [1.54, 1.807) is 4.90 Å². The summed E-state index contributed by atoms with van der Waals surface area (Å²) in [6.07, 6.45) is 12.8. The number of aliphatic imine (C=N–C) groups is 1. The number of rotatable bonds is 8. The summed E-state index contributed by atoms with van der Waals surface area (Å²) in [5.74, 6) is -0.182. The summed E-state index contributed by atoms with van der Waals surface area (Å²) in [6, 6.07) is -0.0242. The number of hydrogen-bond acceptors (Lipinski definition) is 4. The molecule has 3 rings (SSSR count). The van der Waals surface area contributed by atoms with Crippen molar-refractivity contribution in [1.82, 2.24) is 15.1 Å². The molecule has 0 aromatic heterocycles. The molecule has 3 aliphatic heterocycles. The van der Waals surface area contributed by atoms with Crippen LogP contribution < -0.4 is 5.32 Å². The zero-order valence-corrected chi connectivity index (χ0v) is 19.4. The highest BCUT2D eigenvalue weighted by Gasteiger charge is 2.24. The van der Waals surface area contributed by atoms with Gasteiger partial charge in [-0.3, -0.25) is 9.69 Å². The third kappa shape index (κ3) is 6.63. The van der Waals surface area contributed by atoms with Crippen molar-refractivity contribution in [2.24, 2.45) is 4.99 Å². The molecule has 1 saturated heterocycles. The number of nitrogens with one attached hydrogen (secondary N) is 1. The Balaban J connectivity index is 1.58. The van der Waals surface area contributed by atoms with Crippen LogP contribution in [0.25, 0.3) is 0 Å². The SMILES string of the molecule is C=CC(=O)N1CCC[C@@H](NC2=C(F)C=CCC(CCC(=C)/C=C\C3=C(C)CN(C)C3)=N2)C1. The van der Waals surface area contributed by atoms with Gasteiger partial charge in [0.05, 0.1) is 0 Å². The average molecular weight is 439 g/mol. The number of likely N-dealkylation sites (N-methyl/N-ethyl adjacent to an activating group) is 1. The normalized spacial score (nSPS) is 22.4. The second kappa shape index (κ2) is 11.2. The lowest BCUT2D eigenvalue weighted by Crippen LogP contribution is -2.47. The minimum Gasteiger partial charge on any atom is -0.363 e. The first-order chi connectivity index (χ1) is 15.4. The smallest absolute Gasteiger partial charge is 0.246 e. The van der Waals surface area contributed by atoms with Crippen molar-refractivity contribution in [2.75, 3.05) is 33.2 Å². The van der Waals surface area contributed by atoms with E-state index in [2.05, 4.69) is 54.5 Å². The highest BCUT2D eigenvalue weighted by atomic mass is 19.1. The Morgan fingerprint density at radius 3 is 2.94 bits per heavy atom. The van der Waals surface area contributed by atoms with Gasteiger partial charge in [-0.05, 0) is 57.4 Å². The van der Waals surface area contributed by atoms with E-state index >= 15 is 0 Å². The third-order valence-corrected chi connectivity index (χ3v) is 6.11. The van der Waals surface area contributed by atoms with Gasteiger partial charge in [-0.15, -0.1) is 0 Å². The fraction of sp³-hybridized carbons (Fsp3) is 0.462. The van der Waals surface area contributed by atoms with Crippen LogP contribution in [0.15, 0.2) is 76.9 Å². The summed E-state index contributed by atoms with van der Waals surface area (Å²) in [6.45, 7) is 13.2. The van der Waals surface area contributed by atoms with Crippen LogP contribution in [0.2, 0.25) is 0 Å². The quantitative estimate of drug-likeness (QED) is 0.450. The summed E-state index contributed by atoms with van der Waals surface area (Å²) in [5, 5.41) is 3.24. The van der Waals surface area contributed by atoms with Crippen LogP contribution >= 0.6 is 0 Å². The van der Waals surface area contributed by atoms with Crippen LogP contribution in [0, 0.1) is 0 Å². The molecule has 1 atom stereocenters. The predicted molar refractivity (Wildman–Crippen MR) is 130 cm³/mol. The Labute approximate surface area is 191 Å². The summed E-state index contributed by atoms with van der Waals surface area (Å²) in [5.41, 5.74) is 4.73. The second-order valence-electron chi connectivity index (χ2n) is 8.92. The van der Waals surface area contributed by atoms with Crippen molar-refractivity contribution in [1.29, 1.82) is 0 Å². The van der Waals surface area contributed by atoms with Crippen molar-refractivity contribution in [3.8, 4) is 0 Å². The maximum Gasteiger partial charge on any atom is 0.246 e. The molecule has 0 bridgehead atoms. The Morgan fingerprint density at radius 2 is 2.22 bits per heavy atom. The number of hydrogen-bond donors (Lipinski definition) is 1. The number of halogens is 1. The maximum atomic E-state index is 14.6. The zero-order valence-electron chi connectivity index (χ0n) is 19.4. The summed E-state index contributed by atoms with van der Waals surface area (Å²) in [7, 11) is 2.12. The van der Waals surface area contributed by atoms with Crippen LogP contribution in [0.5, 0.6) is 0 Å². The molecule has 0 saturated carbocycles. The highest BCUT2D eigenvalue weighted by Crippen LogP contribution is 2.21. The second-order valence-corrected chi connectivity index (χ2v) is 8.92. The Kier molecular flexibility index (Phi) is 8.39. The molecule has 0 aromatic rings. The molecule has 3 heterocycles. The standard InChI is InChI=1S/C26H35FN4O/c1-5-25(32)31-15-7-9-23(18-31)29-26-24(27)10-6-8-22(28-26)14-12-19(2)11-13-21-17-30(4)16-20(21)3/h5-6,10-11,13,23,29H,1-2,7-9,12,14-18H2,3-4H3/b13-11-/t23-/m1/s1. The number of nitrogens with zero attached hydrogens (tertiary/aromatic N) is 3. The predicted octanol–water partition coefficient (Wildman–Crippen LogP) is 4.45. The molecule has 6 heteroatoms. The largest absolute Gasteiger partial charge is 0.363 e. The van der Waals surface area contributed by atoms with E-state index in [0.29, 0.717) is 19.5 Å². The zero-order chi connectivity index (χ0) is 23.1. The maximum absolute atomic E-state index is 14.6. The lowest BCUT2D eigenvalue weighted by molar-refractivity contribution is -0.127. The summed E-state index contributed by atoms with van der Waals surface area (Å²) in [4.78, 5) is 20.6. The summed E-state index contributed by atoms with van der Waals surface area (Å²) >= 11 is 0. The lowest BCUT2D eigenvalue weighted by atomic mass is 10.0. The Bertz CT molecular complexity index is 909. The molecule has 1 fully saturated rings. The van der Waals surface area contributed by atoms with E-state index in [4.69, 9.17) is 0 Å². The fourth-order valence-electron chi connectivity index (χ4n) is 4.30. The van der Waals surface area contributed by atoms with Gasteiger partial charge in [-0.2, -0.15) is 0 Å². The number of piperidine rings is 1. The van der Waals surface area contributed by atoms with Crippen LogP contribution in [-0.2, 0) is 4.79 Å². The van der Waals surface area contributed by atoms with E-state index in [1.807, 2.05) is 6.08 Å². The van der Waals surface area contributed by atoms with E-state index in [1.165, 1.54) is 23.3 Å². The number of carbonyl (C=O) groups excluding carboxylic acids is 1. The molecule has 172 valence electrons. The minimum atomic E-state index is -0.362. The van der Waals surface area contributed by atoms with Gasteiger partial charge < -0.3 is 10.2 Å². The molecule has 0 aliphatic carbocycles. The van der Waals surface area contributed by atoms with Crippen molar-refractivity contribution in [3.63, 3.8) is 0 Å². The molecular formula is C26H35FN4O. The van der Waals surface area contributed by atoms with Crippen molar-refractivity contribution in [2.45, 2.75) is 45.1 Å². The highest BCUT2D eigenvalue weighted by molar-refractivity contribution is 5.88. The van der Waals surface area contributed by atoms with Gasteiger partial charge in [0, 0.05) is 44.4 Å². The molecule has 1 amide bonds. The van der Waals surface area contributed by atoms with Crippen molar-refractivity contribution < 1.29 is 9.18 Å². The first-order valence-electron chi connectivity index (χ1n) is 11.4. The fourth-order valence-corrected chi connectivity index (χ4v) is 4.30. The molecule has 0 spiro atoms. The average Bonchev–Trinajstić information content (AvgIpc) is 3.00. The van der Waals surface area contributed by atoms with Gasteiger partial charge in [0.2, 0.25) is 5.91 Å². The van der Waals surface area contributed by atoms with Gasteiger partial charge in [0.15, 0.2) is 11.6 Å². The van der Waals surface area contributed by atoms with E-state index in [0.717, 1.165) is 50.1 Å². The number of allylic oxidation sites excluding steroid dienone is 5. The van der Waals surface area contributed by atoms with Gasteiger partial charge in [0.1, 0.15) is 0 Å². The molecule has 0 aromatic carbocycles. The number of amides is 1. The topological polar surface area (TPSA) is 47.9 Å². The lowest BCUT2D eigenvalue weighted by Gasteiger charge is -2.33. The number of likely N-dealkylation sites (tertiary alicyclic amines) is 1. The minimum absolute atomic E-state index is 0.0242. The van der Waals surface area contributed by atoms with Crippen LogP contribution in [-0.4, -0.2) is 60.7 Å². The van der Waals surface area contributed by atoms with Crippen LogP contribution in [0.1, 0.15) is 39.0 Å². The van der Waals surface area contributed by atoms with Gasteiger partial charge in [0.25, 0.3) is 0 Å². The van der Waals surface area contributed by atoms with Crippen molar-refractivity contribution >= 4 is 11.6 Å². The van der Waals surface area contributed by atoms with Gasteiger partial charge in [-0.25, -0.2) is 9.38 Å².